The maximum Gasteiger partial charge on any atom is 0.234 e. The zero-order valence-electron chi connectivity index (χ0n) is 26.5. The molecule has 26 bridgehead atoms. The van der Waals surface area contributed by atoms with E-state index in [-0.39, 0.29) is 21.7 Å². The van der Waals surface area contributed by atoms with E-state index in [0.717, 1.165) is 73.5 Å². The van der Waals surface area contributed by atoms with Gasteiger partial charge in [-0.25, -0.2) is 0 Å². The first-order valence-electron chi connectivity index (χ1n) is 19.7. The fourth-order valence-corrected chi connectivity index (χ4v) is 24.3. The van der Waals surface area contributed by atoms with E-state index in [2.05, 4.69) is 29.4 Å². The molecular weight excluding hydrogens is 572 g/mol. The molecule has 18 heterocycles. The lowest BCUT2D eigenvalue weighted by Gasteiger charge is -2.95. The van der Waals surface area contributed by atoms with Crippen LogP contribution in [0.5, 0.6) is 0 Å². The molecule has 8 saturated carbocycles. The highest BCUT2D eigenvalue weighted by Gasteiger charge is 2.97. The van der Waals surface area contributed by atoms with Gasteiger partial charge in [0.1, 0.15) is 0 Å². The van der Waals surface area contributed by atoms with E-state index in [0.29, 0.717) is 58.2 Å². The Morgan fingerprint density at radius 3 is 1.11 bits per heavy atom. The van der Waals surface area contributed by atoms with Crippen molar-refractivity contribution in [2.75, 3.05) is 91.6 Å². The number of amides is 2. The van der Waals surface area contributed by atoms with Gasteiger partial charge in [0.05, 0.1) is 10.8 Å². The van der Waals surface area contributed by atoms with Crippen LogP contribution >= 0.6 is 0 Å². The van der Waals surface area contributed by atoms with Gasteiger partial charge < -0.3 is 29.4 Å². The molecule has 8 heteroatoms. The lowest BCUT2D eigenvalue weighted by molar-refractivity contribution is -0.442. The van der Waals surface area contributed by atoms with E-state index in [9.17, 15) is 0 Å². The van der Waals surface area contributed by atoms with Crippen molar-refractivity contribution in [1.29, 1.82) is 0 Å². The van der Waals surface area contributed by atoms with E-state index in [1.807, 2.05) is 0 Å². The Morgan fingerprint density at radius 2 is 0.717 bits per heavy atom. The fourth-order valence-electron chi connectivity index (χ4n) is 24.3. The third-order valence-electron chi connectivity index (χ3n) is 22.1. The second-order valence-electron chi connectivity index (χ2n) is 21.8. The molecule has 0 radical (unpaired) electrons. The van der Waals surface area contributed by atoms with Crippen molar-refractivity contribution in [2.45, 2.75) is 0 Å². The van der Waals surface area contributed by atoms with Gasteiger partial charge in [-0.3, -0.25) is 9.59 Å². The van der Waals surface area contributed by atoms with Gasteiger partial charge in [-0.2, -0.15) is 0 Å². The molecule has 24 unspecified atom stereocenters. The van der Waals surface area contributed by atoms with Crippen LogP contribution in [0, 0.1) is 115 Å². The lowest BCUT2D eigenvalue weighted by Crippen LogP contribution is -3.00. The highest BCUT2D eigenvalue weighted by molar-refractivity contribution is 5.94. The Bertz CT molecular complexity index is 1760. The normalized spacial score (nSPS) is 81.0. The van der Waals surface area contributed by atoms with Crippen LogP contribution < -0.4 is 0 Å². The van der Waals surface area contributed by atoms with Crippen LogP contribution in [0.4, 0.5) is 0 Å². The van der Waals surface area contributed by atoms with E-state index in [4.69, 9.17) is 0 Å². The summed E-state index contributed by atoms with van der Waals surface area (Å²) in [6.45, 7) is 16.8. The third-order valence-corrected chi connectivity index (χ3v) is 22.1. The topological polar surface area (TPSA) is 53.6 Å². The zero-order valence-corrected chi connectivity index (χ0v) is 26.5. The summed E-state index contributed by atoms with van der Waals surface area (Å²) in [5.41, 5.74) is 3.68. The molecule has 0 aromatic heterocycles. The highest BCUT2D eigenvalue weighted by atomic mass is 16.2. The molecule has 26 fully saturated rings. The number of hydrogen-bond acceptors (Lipinski definition) is 6. The van der Waals surface area contributed by atoms with Crippen LogP contribution in [-0.4, -0.2) is 133 Å². The fraction of sp³-hybridized carbons (Fsp3) is 0.895. The first-order valence-corrected chi connectivity index (χ1v) is 19.7. The Hall–Kier alpha value is -1.48. The number of rotatable bonds is 0. The van der Waals surface area contributed by atoms with Crippen molar-refractivity contribution < 1.29 is 9.59 Å². The predicted molar refractivity (Wildman–Crippen MR) is 160 cm³/mol. The van der Waals surface area contributed by atoms with Gasteiger partial charge in [0.15, 0.2) is 0 Å². The van der Waals surface area contributed by atoms with Gasteiger partial charge in [-0.15, -0.1) is 0 Å². The van der Waals surface area contributed by atoms with Gasteiger partial charge in [-0.05, 0) is 82.9 Å². The number of carbonyl (C=O) groups is 2. The molecule has 26 rings (SSSR count). The summed E-state index contributed by atoms with van der Waals surface area (Å²) < 4.78 is 0. The molecule has 18 saturated heterocycles. The van der Waals surface area contributed by atoms with Crippen molar-refractivity contribution in [3.8, 4) is 0 Å². The minimum atomic E-state index is -0.126. The largest absolute Gasteiger partial charge is 0.313 e. The maximum absolute atomic E-state index is 15.7. The molecule has 236 valence electrons. The summed E-state index contributed by atoms with van der Waals surface area (Å²) in [7, 11) is 0. The van der Waals surface area contributed by atoms with Crippen molar-refractivity contribution in [3.05, 3.63) is 11.4 Å². The van der Waals surface area contributed by atoms with E-state index < -0.39 is 0 Å². The second kappa shape index (κ2) is 5.42. The maximum atomic E-state index is 15.7. The SMILES string of the molecule is O=C1N2CC3C4C5CN6CC78CN9CC(C57)C3C(C9)(/C2=C2/N3CC5C7C9CN%10CC%11%12CN%13CC(C9%11)C5C2(C%13)C%12C7(C%10)C3=O)C8C14C6. The van der Waals surface area contributed by atoms with Crippen molar-refractivity contribution in [3.63, 3.8) is 0 Å². The number of piperidine rings is 18. The molecular formula is C38H42N6O2. The van der Waals surface area contributed by atoms with E-state index >= 15 is 9.59 Å². The van der Waals surface area contributed by atoms with Crippen molar-refractivity contribution in [1.82, 2.24) is 29.4 Å². The van der Waals surface area contributed by atoms with Gasteiger partial charge in [0.2, 0.25) is 11.8 Å². The summed E-state index contributed by atoms with van der Waals surface area (Å²) in [6, 6.07) is 0. The summed E-state index contributed by atoms with van der Waals surface area (Å²) in [6.07, 6.45) is 0. The van der Waals surface area contributed by atoms with Crippen molar-refractivity contribution >= 4 is 11.8 Å². The number of hydrogen-bond donors (Lipinski definition) is 0. The van der Waals surface area contributed by atoms with Gasteiger partial charge in [0.25, 0.3) is 0 Å². The van der Waals surface area contributed by atoms with Crippen LogP contribution in [0.3, 0.4) is 0 Å². The van der Waals surface area contributed by atoms with Crippen LogP contribution in [-0.2, 0) is 9.59 Å². The Balaban J connectivity index is 1.00. The molecule has 2 amide bonds. The molecule has 24 atom stereocenters. The summed E-state index contributed by atoms with van der Waals surface area (Å²) in [4.78, 5) is 47.9. The Labute approximate surface area is 268 Å². The summed E-state index contributed by atoms with van der Waals surface area (Å²) in [5.74, 6) is 11.4. The monoisotopic (exact) mass is 614 g/mol. The van der Waals surface area contributed by atoms with Gasteiger partial charge in [-0.1, -0.05) is 0 Å². The van der Waals surface area contributed by atoms with Crippen LogP contribution in [0.1, 0.15) is 0 Å². The zero-order chi connectivity index (χ0) is 28.8. The first kappa shape index (κ1) is 22.3. The third kappa shape index (κ3) is 1.43. The quantitative estimate of drug-likeness (QED) is 0.379. The molecule has 8 aliphatic carbocycles. The minimum Gasteiger partial charge on any atom is -0.313 e. The van der Waals surface area contributed by atoms with Gasteiger partial charge in [0, 0.05) is 125 Å². The van der Waals surface area contributed by atoms with Crippen molar-refractivity contribution in [2.24, 2.45) is 115 Å². The lowest BCUT2D eigenvalue weighted by atomic mass is 9.16. The van der Waals surface area contributed by atoms with Crippen LogP contribution in [0.15, 0.2) is 11.4 Å². The smallest absolute Gasteiger partial charge is 0.234 e. The standard InChI is InChI=1S/C38H42N6O2/c45-31-37-13-41-3-17-21-15-1-39-7-33(21,9-41)29(37)35(11-39)23(15)19(25(17)37)5-43(31)27(35)28-36-12-40-2-16-22-18-4-42-10-34(22,8-40)30(36)38(14-42)26(18)20(24(16)36)6-44(28)32(38)46/h15-26,29-30H,1-14H2/b28-27-. The van der Waals surface area contributed by atoms with E-state index in [1.165, 1.54) is 76.8 Å². The Kier molecular flexibility index (Phi) is 2.62. The average molecular weight is 615 g/mol. The van der Waals surface area contributed by atoms with E-state index in [1.54, 1.807) is 0 Å². The predicted octanol–water partition coefficient (Wildman–Crippen LogP) is -0.147. The Morgan fingerprint density at radius 1 is 0.391 bits per heavy atom. The average Bonchev–Trinajstić information content (AvgIpc) is 3.00. The number of nitrogens with zero attached hydrogens (tertiary/aromatic N) is 6. The first-order chi connectivity index (χ1) is 22.4. The molecule has 46 heavy (non-hydrogen) atoms. The summed E-state index contributed by atoms with van der Waals surface area (Å²) in [5, 5.41) is 0. The molecule has 0 aromatic rings. The molecule has 6 spiro atoms. The molecule has 18 aliphatic heterocycles. The van der Waals surface area contributed by atoms with Crippen LogP contribution in [0.25, 0.3) is 0 Å². The molecule has 26 aliphatic rings. The number of carbonyl (C=O) groups excluding carboxylic acids is 2. The van der Waals surface area contributed by atoms with Gasteiger partial charge >= 0.3 is 0 Å². The molecule has 0 aromatic carbocycles. The van der Waals surface area contributed by atoms with Crippen LogP contribution in [0.2, 0.25) is 0 Å². The highest BCUT2D eigenvalue weighted by Crippen LogP contribution is 2.93. The minimum absolute atomic E-state index is 0.110. The molecule has 0 N–H and O–H groups in total. The summed E-state index contributed by atoms with van der Waals surface area (Å²) >= 11 is 0. The second-order valence-corrected chi connectivity index (χ2v) is 21.8. The molecule has 8 nitrogen and oxygen atoms in total.